The third-order valence-corrected chi connectivity index (χ3v) is 3.48. The van der Waals surface area contributed by atoms with Crippen LogP contribution in [0.2, 0.25) is 0 Å². The number of aliphatic hydroxyl groups excluding tert-OH is 1. The zero-order valence-corrected chi connectivity index (χ0v) is 10.8. The Morgan fingerprint density at radius 1 is 1.37 bits per heavy atom. The van der Waals surface area contributed by atoms with Crippen molar-refractivity contribution in [3.05, 3.63) is 35.4 Å². The SMILES string of the molecule is Cc1nc(C)c2c(C#N)cn(C3C=CC(O)C3)c2n1. The molecule has 96 valence electrons. The number of allylic oxidation sites excluding steroid dienone is 1. The van der Waals surface area contributed by atoms with Crippen molar-refractivity contribution >= 4 is 11.0 Å². The average Bonchev–Trinajstić information content (AvgIpc) is 2.92. The minimum atomic E-state index is -0.419. The van der Waals surface area contributed by atoms with E-state index in [9.17, 15) is 10.4 Å². The first kappa shape index (κ1) is 11.9. The van der Waals surface area contributed by atoms with Crippen LogP contribution >= 0.6 is 0 Å². The van der Waals surface area contributed by atoms with Crippen LogP contribution in [0.3, 0.4) is 0 Å². The molecule has 0 saturated carbocycles. The summed E-state index contributed by atoms with van der Waals surface area (Å²) in [4.78, 5) is 8.78. The molecule has 0 aliphatic heterocycles. The van der Waals surface area contributed by atoms with Gasteiger partial charge in [-0.25, -0.2) is 9.97 Å². The molecule has 0 amide bonds. The molecule has 2 heterocycles. The van der Waals surface area contributed by atoms with E-state index in [1.54, 1.807) is 12.3 Å². The molecule has 0 bridgehead atoms. The van der Waals surface area contributed by atoms with Crippen LogP contribution in [0.25, 0.3) is 11.0 Å². The summed E-state index contributed by atoms with van der Waals surface area (Å²) in [5, 5.41) is 19.7. The van der Waals surface area contributed by atoms with Gasteiger partial charge in [0.15, 0.2) is 0 Å². The number of nitrogens with zero attached hydrogens (tertiary/aromatic N) is 4. The van der Waals surface area contributed by atoms with Crippen molar-refractivity contribution in [1.29, 1.82) is 5.26 Å². The summed E-state index contributed by atoms with van der Waals surface area (Å²) in [6.07, 6.45) is 5.74. The van der Waals surface area contributed by atoms with E-state index in [0.717, 1.165) is 16.7 Å². The van der Waals surface area contributed by atoms with Gasteiger partial charge in [0, 0.05) is 12.6 Å². The van der Waals surface area contributed by atoms with Gasteiger partial charge in [0.25, 0.3) is 0 Å². The zero-order valence-electron chi connectivity index (χ0n) is 10.8. The van der Waals surface area contributed by atoms with Gasteiger partial charge in [0.2, 0.25) is 0 Å². The molecule has 0 fully saturated rings. The van der Waals surface area contributed by atoms with E-state index in [4.69, 9.17) is 0 Å². The van der Waals surface area contributed by atoms with Crippen LogP contribution in [0.4, 0.5) is 0 Å². The molecule has 1 aliphatic carbocycles. The molecule has 5 heteroatoms. The molecule has 2 atom stereocenters. The lowest BCUT2D eigenvalue weighted by Gasteiger charge is -2.12. The second kappa shape index (κ2) is 4.18. The molecule has 1 N–H and O–H groups in total. The van der Waals surface area contributed by atoms with E-state index in [2.05, 4.69) is 16.0 Å². The molecule has 2 aromatic rings. The zero-order chi connectivity index (χ0) is 13.6. The third-order valence-electron chi connectivity index (χ3n) is 3.48. The van der Waals surface area contributed by atoms with Gasteiger partial charge in [-0.2, -0.15) is 5.26 Å². The summed E-state index contributed by atoms with van der Waals surface area (Å²) >= 11 is 0. The summed E-state index contributed by atoms with van der Waals surface area (Å²) in [6, 6.07) is 2.25. The van der Waals surface area contributed by atoms with E-state index < -0.39 is 6.10 Å². The van der Waals surface area contributed by atoms with Crippen LogP contribution in [-0.2, 0) is 0 Å². The van der Waals surface area contributed by atoms with Gasteiger partial charge >= 0.3 is 0 Å². The molecule has 0 saturated heterocycles. The summed E-state index contributed by atoms with van der Waals surface area (Å²) in [6.45, 7) is 3.73. The van der Waals surface area contributed by atoms with E-state index >= 15 is 0 Å². The maximum atomic E-state index is 9.61. The normalized spacial score (nSPS) is 22.0. The lowest BCUT2D eigenvalue weighted by atomic mass is 10.2. The van der Waals surface area contributed by atoms with E-state index in [1.165, 1.54) is 0 Å². The number of fused-ring (bicyclic) bond motifs is 1. The Morgan fingerprint density at radius 3 is 2.79 bits per heavy atom. The van der Waals surface area contributed by atoms with Gasteiger partial charge in [-0.3, -0.25) is 0 Å². The first-order valence-corrected chi connectivity index (χ1v) is 6.22. The maximum absolute atomic E-state index is 9.61. The molecule has 0 aromatic carbocycles. The molecular weight excluding hydrogens is 240 g/mol. The molecule has 1 aliphatic rings. The quantitative estimate of drug-likeness (QED) is 0.787. The molecule has 2 aromatic heterocycles. The van der Waals surface area contributed by atoms with E-state index in [-0.39, 0.29) is 6.04 Å². The lowest BCUT2D eigenvalue weighted by Crippen LogP contribution is -2.08. The molecule has 0 radical (unpaired) electrons. The number of nitriles is 1. The van der Waals surface area contributed by atoms with Crippen molar-refractivity contribution in [2.45, 2.75) is 32.4 Å². The summed E-state index contributed by atoms with van der Waals surface area (Å²) in [5.74, 6) is 0.691. The van der Waals surface area contributed by atoms with Crippen LogP contribution in [0.5, 0.6) is 0 Å². The second-order valence-corrected chi connectivity index (χ2v) is 4.87. The van der Waals surface area contributed by atoms with Gasteiger partial charge in [0.1, 0.15) is 17.5 Å². The Hall–Kier alpha value is -2.19. The highest BCUT2D eigenvalue weighted by molar-refractivity contribution is 5.85. The van der Waals surface area contributed by atoms with Crippen molar-refractivity contribution in [3.63, 3.8) is 0 Å². The van der Waals surface area contributed by atoms with Gasteiger partial charge < -0.3 is 9.67 Å². The highest BCUT2D eigenvalue weighted by Gasteiger charge is 2.22. The van der Waals surface area contributed by atoms with Crippen molar-refractivity contribution in [2.75, 3.05) is 0 Å². The Labute approximate surface area is 110 Å². The Kier molecular flexibility index (Phi) is 2.61. The second-order valence-electron chi connectivity index (χ2n) is 4.87. The van der Waals surface area contributed by atoms with Gasteiger partial charge in [-0.1, -0.05) is 12.2 Å². The number of aliphatic hydroxyl groups is 1. The maximum Gasteiger partial charge on any atom is 0.145 e. The van der Waals surface area contributed by atoms with Crippen molar-refractivity contribution in [1.82, 2.24) is 14.5 Å². The van der Waals surface area contributed by atoms with Crippen molar-refractivity contribution < 1.29 is 5.11 Å². The van der Waals surface area contributed by atoms with Gasteiger partial charge in [-0.15, -0.1) is 0 Å². The monoisotopic (exact) mass is 254 g/mol. The predicted octanol–water partition coefficient (Wildman–Crippen LogP) is 1.78. The number of hydrogen-bond acceptors (Lipinski definition) is 4. The van der Waals surface area contributed by atoms with Gasteiger partial charge in [-0.05, 0) is 13.8 Å². The minimum absolute atomic E-state index is 0.0494. The summed E-state index contributed by atoms with van der Waals surface area (Å²) < 4.78 is 1.96. The number of hydrogen-bond donors (Lipinski definition) is 1. The fourth-order valence-electron chi connectivity index (χ4n) is 2.67. The minimum Gasteiger partial charge on any atom is -0.389 e. The Morgan fingerprint density at radius 2 is 2.16 bits per heavy atom. The van der Waals surface area contributed by atoms with Crippen molar-refractivity contribution in [2.24, 2.45) is 0 Å². The summed E-state index contributed by atoms with van der Waals surface area (Å²) in [7, 11) is 0. The highest BCUT2D eigenvalue weighted by atomic mass is 16.3. The van der Waals surface area contributed by atoms with Crippen LogP contribution in [-0.4, -0.2) is 25.7 Å². The molecule has 19 heavy (non-hydrogen) atoms. The number of aromatic nitrogens is 3. The van der Waals surface area contributed by atoms with Crippen molar-refractivity contribution in [3.8, 4) is 6.07 Å². The third kappa shape index (κ3) is 1.81. The number of aryl methyl sites for hydroxylation is 2. The molecule has 0 spiro atoms. The van der Waals surface area contributed by atoms with Crippen LogP contribution < -0.4 is 0 Å². The first-order chi connectivity index (χ1) is 9.10. The Balaban J connectivity index is 2.26. The number of rotatable bonds is 1. The van der Waals surface area contributed by atoms with E-state index in [1.807, 2.05) is 24.5 Å². The highest BCUT2D eigenvalue weighted by Crippen LogP contribution is 2.30. The molecular formula is C14H14N4O. The molecule has 3 rings (SSSR count). The average molecular weight is 254 g/mol. The fourth-order valence-corrected chi connectivity index (χ4v) is 2.67. The van der Waals surface area contributed by atoms with E-state index in [0.29, 0.717) is 17.8 Å². The Bertz CT molecular complexity index is 723. The molecule has 5 nitrogen and oxygen atoms in total. The van der Waals surface area contributed by atoms with Crippen LogP contribution in [0, 0.1) is 25.2 Å². The smallest absolute Gasteiger partial charge is 0.145 e. The molecule has 2 unspecified atom stereocenters. The van der Waals surface area contributed by atoms with Crippen LogP contribution in [0.1, 0.15) is 29.5 Å². The lowest BCUT2D eigenvalue weighted by molar-refractivity contribution is 0.211. The van der Waals surface area contributed by atoms with Crippen LogP contribution in [0.15, 0.2) is 18.3 Å². The summed E-state index contributed by atoms with van der Waals surface area (Å²) in [5.41, 5.74) is 2.17. The largest absolute Gasteiger partial charge is 0.389 e. The standard InChI is InChI=1S/C14H14N4O/c1-8-13-10(6-15)7-18(11-3-4-12(19)5-11)14(13)17-9(2)16-8/h3-4,7,11-12,19H,5H2,1-2H3. The topological polar surface area (TPSA) is 74.7 Å². The fraction of sp³-hybridized carbons (Fsp3) is 0.357. The first-order valence-electron chi connectivity index (χ1n) is 6.22. The van der Waals surface area contributed by atoms with Gasteiger partial charge in [0.05, 0.1) is 28.8 Å². The predicted molar refractivity (Wildman–Crippen MR) is 70.5 cm³/mol.